The number of rotatable bonds is 13. The Bertz CT molecular complexity index is 979. The van der Waals surface area contributed by atoms with Crippen LogP contribution in [0, 0.1) is 6.92 Å². The van der Waals surface area contributed by atoms with Crippen molar-refractivity contribution in [1.82, 2.24) is 10.3 Å². The zero-order valence-corrected chi connectivity index (χ0v) is 22.9. The molecule has 1 saturated heterocycles. The minimum Gasteiger partial charge on any atom is -0.494 e. The van der Waals surface area contributed by atoms with Crippen LogP contribution in [0.1, 0.15) is 68.8 Å². The van der Waals surface area contributed by atoms with E-state index in [9.17, 15) is 15.3 Å². The summed E-state index contributed by atoms with van der Waals surface area (Å²) in [7, 11) is 1.71. The van der Waals surface area contributed by atoms with Gasteiger partial charge in [0.25, 0.3) is 0 Å². The highest BCUT2D eigenvalue weighted by molar-refractivity contribution is 5.45. The number of aromatic amines is 1. The van der Waals surface area contributed by atoms with Gasteiger partial charge < -0.3 is 44.6 Å². The molecule has 1 aliphatic rings. The van der Waals surface area contributed by atoms with Crippen LogP contribution in [0.4, 0.5) is 0 Å². The molecule has 9 nitrogen and oxygen atoms in total. The fourth-order valence-electron chi connectivity index (χ4n) is 4.54. The van der Waals surface area contributed by atoms with Gasteiger partial charge >= 0.3 is 0 Å². The minimum absolute atomic E-state index is 0.0598. The van der Waals surface area contributed by atoms with Crippen molar-refractivity contribution in [1.29, 1.82) is 0 Å². The third kappa shape index (κ3) is 8.17. The molecule has 4 atom stereocenters. The Kier molecular flexibility index (Phi) is 10.4. The van der Waals surface area contributed by atoms with Crippen LogP contribution in [0.15, 0.2) is 24.4 Å². The molecule has 1 aromatic heterocycles. The number of nitrogens with one attached hydrogen (secondary N) is 2. The second-order valence-electron chi connectivity index (χ2n) is 10.8. The van der Waals surface area contributed by atoms with Crippen molar-refractivity contribution in [2.24, 2.45) is 0 Å². The van der Waals surface area contributed by atoms with Gasteiger partial charge in [0.05, 0.1) is 19.3 Å². The molecule has 9 heteroatoms. The maximum atomic E-state index is 10.0. The summed E-state index contributed by atoms with van der Waals surface area (Å²) in [6, 6.07) is 6.12. The molecule has 0 bridgehead atoms. The van der Waals surface area contributed by atoms with E-state index in [1.165, 1.54) is 0 Å². The highest BCUT2D eigenvalue weighted by Gasteiger charge is 2.37. The van der Waals surface area contributed by atoms with E-state index < -0.39 is 24.8 Å². The van der Waals surface area contributed by atoms with Gasteiger partial charge in [-0.15, -0.1) is 0 Å². The molecule has 0 spiro atoms. The van der Waals surface area contributed by atoms with Crippen molar-refractivity contribution in [3.8, 4) is 11.5 Å². The van der Waals surface area contributed by atoms with Crippen LogP contribution in [0.5, 0.6) is 11.5 Å². The number of aliphatic hydroxyl groups excluding tert-OH is 3. The number of hydrogen-bond donors (Lipinski definition) is 5. The van der Waals surface area contributed by atoms with Gasteiger partial charge in [0, 0.05) is 42.9 Å². The zero-order valence-electron chi connectivity index (χ0n) is 22.9. The van der Waals surface area contributed by atoms with Gasteiger partial charge in [0.15, 0.2) is 6.29 Å². The second-order valence-corrected chi connectivity index (χ2v) is 10.8. The summed E-state index contributed by atoms with van der Waals surface area (Å²) in [5.41, 5.74) is 4.24. The van der Waals surface area contributed by atoms with E-state index in [0.29, 0.717) is 25.4 Å². The minimum atomic E-state index is -1.50. The zero-order chi connectivity index (χ0) is 27.2. The fraction of sp³-hybridized carbons (Fsp3) is 0.643. The first-order chi connectivity index (χ1) is 17.5. The Morgan fingerprint density at radius 1 is 1.22 bits per heavy atom. The maximum absolute atomic E-state index is 10.0. The van der Waals surface area contributed by atoms with Crippen LogP contribution in [0.25, 0.3) is 0 Å². The van der Waals surface area contributed by atoms with Crippen molar-refractivity contribution < 1.29 is 34.3 Å². The van der Waals surface area contributed by atoms with Crippen LogP contribution < -0.4 is 14.8 Å². The number of aliphatic hydroxyl groups is 3. The predicted octanol–water partition coefficient (Wildman–Crippen LogP) is 2.99. The lowest BCUT2D eigenvalue weighted by Gasteiger charge is -2.34. The van der Waals surface area contributed by atoms with E-state index in [0.717, 1.165) is 41.1 Å². The molecule has 1 fully saturated rings. The molecule has 0 aliphatic carbocycles. The first-order valence-corrected chi connectivity index (χ1v) is 13.0. The molecule has 2 aromatic rings. The Morgan fingerprint density at radius 3 is 2.62 bits per heavy atom. The molecule has 1 aromatic carbocycles. The predicted molar refractivity (Wildman–Crippen MR) is 141 cm³/mol. The van der Waals surface area contributed by atoms with Crippen LogP contribution in [-0.2, 0) is 15.9 Å². The highest BCUT2D eigenvalue weighted by Crippen LogP contribution is 2.33. The van der Waals surface area contributed by atoms with Gasteiger partial charge in [-0.1, -0.05) is 19.9 Å². The van der Waals surface area contributed by atoms with E-state index in [1.807, 2.05) is 6.07 Å². The number of aromatic nitrogens is 1. The quantitative estimate of drug-likeness (QED) is 0.255. The molecule has 0 amide bonds. The summed E-state index contributed by atoms with van der Waals surface area (Å²) >= 11 is 0. The van der Waals surface area contributed by atoms with E-state index in [1.54, 1.807) is 13.3 Å². The Balaban J connectivity index is 1.62. The third-order valence-electron chi connectivity index (χ3n) is 6.61. The first-order valence-electron chi connectivity index (χ1n) is 13.0. The topological polar surface area (TPSA) is 125 Å². The van der Waals surface area contributed by atoms with Crippen molar-refractivity contribution in [2.75, 3.05) is 26.9 Å². The first kappa shape index (κ1) is 29.4. The fourth-order valence-corrected chi connectivity index (χ4v) is 4.54. The molecular formula is C28H44N2O7. The average molecular weight is 521 g/mol. The van der Waals surface area contributed by atoms with Crippen molar-refractivity contribution in [3.05, 3.63) is 46.8 Å². The normalized spacial score (nSPS) is 22.4. The lowest BCUT2D eigenvalue weighted by molar-refractivity contribution is -0.285. The summed E-state index contributed by atoms with van der Waals surface area (Å²) in [4.78, 5) is 3.31. The number of hydrogen-bond acceptors (Lipinski definition) is 8. The molecule has 0 saturated carbocycles. The van der Waals surface area contributed by atoms with Gasteiger partial charge in [-0.2, -0.15) is 0 Å². The SMILES string of the molecule is COCC(C)(C)NCCCOc1ccc(Cc2c(O[C@H]3C[C@@H](O)[C@@H](O)[C@@H](O)O3)c[nH]c2C(C)C)c(C)c1. The molecule has 0 unspecified atom stereocenters. The third-order valence-corrected chi connectivity index (χ3v) is 6.61. The van der Waals surface area contributed by atoms with Crippen LogP contribution in [-0.4, -0.2) is 77.5 Å². The van der Waals surface area contributed by atoms with E-state index >= 15 is 0 Å². The summed E-state index contributed by atoms with van der Waals surface area (Å²) in [6.45, 7) is 12.6. The van der Waals surface area contributed by atoms with Crippen LogP contribution in [0.3, 0.4) is 0 Å². The maximum Gasteiger partial charge on any atom is 0.205 e. The molecule has 37 heavy (non-hydrogen) atoms. The monoisotopic (exact) mass is 520 g/mol. The second kappa shape index (κ2) is 13.1. The van der Waals surface area contributed by atoms with E-state index in [-0.39, 0.29) is 17.9 Å². The van der Waals surface area contributed by atoms with Crippen molar-refractivity contribution >= 4 is 0 Å². The van der Waals surface area contributed by atoms with Crippen LogP contribution in [0.2, 0.25) is 0 Å². The smallest absolute Gasteiger partial charge is 0.205 e. The molecule has 3 rings (SSSR count). The summed E-state index contributed by atoms with van der Waals surface area (Å²) in [6.07, 6.45) is -1.46. The van der Waals surface area contributed by atoms with E-state index in [4.69, 9.17) is 18.9 Å². The number of H-pyrrole nitrogens is 1. The van der Waals surface area contributed by atoms with Crippen LogP contribution >= 0.6 is 0 Å². The number of methoxy groups -OCH3 is 1. The van der Waals surface area contributed by atoms with Gasteiger partial charge in [-0.05, 0) is 62.9 Å². The lowest BCUT2D eigenvalue weighted by Crippen LogP contribution is -2.49. The van der Waals surface area contributed by atoms with Gasteiger partial charge in [0.1, 0.15) is 17.6 Å². The Labute approximate surface area is 220 Å². The number of aryl methyl sites for hydroxylation is 1. The summed E-state index contributed by atoms with van der Waals surface area (Å²) in [5.74, 6) is 1.68. The number of ether oxygens (including phenoxy) is 4. The van der Waals surface area contributed by atoms with Gasteiger partial charge in [-0.3, -0.25) is 0 Å². The van der Waals surface area contributed by atoms with Gasteiger partial charge in [-0.25, -0.2) is 0 Å². The average Bonchev–Trinajstić information content (AvgIpc) is 3.21. The number of benzene rings is 1. The van der Waals surface area contributed by atoms with E-state index in [2.05, 4.69) is 57.1 Å². The molecule has 5 N–H and O–H groups in total. The van der Waals surface area contributed by atoms with Crippen molar-refractivity contribution in [2.45, 2.75) is 90.1 Å². The van der Waals surface area contributed by atoms with Crippen molar-refractivity contribution in [3.63, 3.8) is 0 Å². The lowest BCUT2D eigenvalue weighted by atomic mass is 9.96. The molecule has 208 valence electrons. The molecule has 0 radical (unpaired) electrons. The molecule has 1 aliphatic heterocycles. The highest BCUT2D eigenvalue weighted by atomic mass is 16.7. The Hall–Kier alpha value is -2.14. The largest absolute Gasteiger partial charge is 0.494 e. The molecule has 2 heterocycles. The summed E-state index contributed by atoms with van der Waals surface area (Å²) < 4.78 is 22.6. The molecular weight excluding hydrogens is 476 g/mol. The standard InChI is InChI=1S/C28H44N2O7/c1-17(2)25-21(23(15-29-25)36-24-14-22(31)26(32)27(33)37-24)13-19-8-9-20(12-18(19)3)35-11-7-10-30-28(4,5)16-34-6/h8-9,12,15,17,22,24,26-27,29-33H,7,10-11,13-14,16H2,1-6H3/t22-,24-,26-,27+/m1/s1. The van der Waals surface area contributed by atoms with Gasteiger partial charge in [0.2, 0.25) is 6.29 Å². The summed E-state index contributed by atoms with van der Waals surface area (Å²) in [5, 5.41) is 33.1. The Morgan fingerprint density at radius 2 is 1.97 bits per heavy atom.